The molecule has 6 heteroatoms. The second-order valence-corrected chi connectivity index (χ2v) is 6.43. The Kier molecular flexibility index (Phi) is 3.81. The third kappa shape index (κ3) is 2.73. The van der Waals surface area contributed by atoms with E-state index in [4.69, 9.17) is 14.2 Å². The van der Waals surface area contributed by atoms with E-state index in [2.05, 4.69) is 0 Å². The molecule has 0 aromatic heterocycles. The molecule has 1 aliphatic rings. The standard InChI is InChI=1S/C16H21NO5/c1-10(18)17(6)14(19)20-11-8-7-9-12-13(11)22-16(5,21-12)15(2,3)4/h7-9H,1-6H3. The SMILES string of the molecule is CC(=O)N(C)C(=O)Oc1cccc2c1OC(C)(C(C)(C)C)O2. The van der Waals surface area contributed by atoms with Crippen LogP contribution < -0.4 is 14.2 Å². The molecule has 0 N–H and O–H groups in total. The summed E-state index contributed by atoms with van der Waals surface area (Å²) < 4.78 is 17.1. The molecule has 1 aliphatic heterocycles. The number of nitrogens with zero attached hydrogens (tertiary/aromatic N) is 1. The highest BCUT2D eigenvalue weighted by molar-refractivity contribution is 5.91. The van der Waals surface area contributed by atoms with Gasteiger partial charge in [0.1, 0.15) is 0 Å². The van der Waals surface area contributed by atoms with Crippen molar-refractivity contribution in [2.75, 3.05) is 7.05 Å². The van der Waals surface area contributed by atoms with Gasteiger partial charge in [0.2, 0.25) is 11.7 Å². The summed E-state index contributed by atoms with van der Waals surface area (Å²) in [5.74, 6) is -0.180. The first-order valence-corrected chi connectivity index (χ1v) is 7.02. The second kappa shape index (κ2) is 5.19. The van der Waals surface area contributed by atoms with E-state index in [-0.39, 0.29) is 11.2 Å². The summed E-state index contributed by atoms with van der Waals surface area (Å²) in [5, 5.41) is 0. The van der Waals surface area contributed by atoms with Gasteiger partial charge < -0.3 is 14.2 Å². The normalized spacial score (nSPS) is 19.7. The van der Waals surface area contributed by atoms with E-state index in [9.17, 15) is 9.59 Å². The highest BCUT2D eigenvalue weighted by Gasteiger charge is 2.48. The van der Waals surface area contributed by atoms with Gasteiger partial charge in [-0.1, -0.05) is 26.8 Å². The molecule has 2 amide bonds. The van der Waals surface area contributed by atoms with Crippen molar-refractivity contribution < 1.29 is 23.8 Å². The quantitative estimate of drug-likeness (QED) is 0.797. The van der Waals surface area contributed by atoms with Crippen LogP contribution in [0, 0.1) is 5.41 Å². The van der Waals surface area contributed by atoms with E-state index < -0.39 is 17.8 Å². The Balaban J connectivity index is 2.28. The molecule has 6 nitrogen and oxygen atoms in total. The van der Waals surface area contributed by atoms with Crippen molar-refractivity contribution >= 4 is 12.0 Å². The number of imide groups is 1. The van der Waals surface area contributed by atoms with Gasteiger partial charge in [-0.15, -0.1) is 0 Å². The molecular weight excluding hydrogens is 286 g/mol. The number of carbonyl (C=O) groups is 2. The Morgan fingerprint density at radius 2 is 1.86 bits per heavy atom. The molecule has 0 spiro atoms. The highest BCUT2D eigenvalue weighted by atomic mass is 16.7. The molecule has 0 fully saturated rings. The van der Waals surface area contributed by atoms with Crippen LogP contribution in [0.5, 0.6) is 17.2 Å². The van der Waals surface area contributed by atoms with Gasteiger partial charge in [0.05, 0.1) is 0 Å². The lowest BCUT2D eigenvalue weighted by Crippen LogP contribution is -2.47. The van der Waals surface area contributed by atoms with E-state index in [1.54, 1.807) is 18.2 Å². The summed E-state index contributed by atoms with van der Waals surface area (Å²) in [6, 6.07) is 5.05. The monoisotopic (exact) mass is 307 g/mol. The molecule has 1 aromatic carbocycles. The van der Waals surface area contributed by atoms with Gasteiger partial charge in [-0.05, 0) is 12.1 Å². The third-order valence-electron chi connectivity index (χ3n) is 3.85. The van der Waals surface area contributed by atoms with Crippen LogP contribution in [0.1, 0.15) is 34.6 Å². The number of amides is 2. The van der Waals surface area contributed by atoms with Gasteiger partial charge in [-0.25, -0.2) is 4.79 Å². The summed E-state index contributed by atoms with van der Waals surface area (Å²) in [6.07, 6.45) is -0.770. The molecule has 120 valence electrons. The van der Waals surface area contributed by atoms with Gasteiger partial charge in [0.15, 0.2) is 11.5 Å². The third-order valence-corrected chi connectivity index (χ3v) is 3.85. The maximum atomic E-state index is 11.9. The van der Waals surface area contributed by atoms with Crippen molar-refractivity contribution in [3.05, 3.63) is 18.2 Å². The number of hydrogen-bond donors (Lipinski definition) is 0. The fourth-order valence-electron chi connectivity index (χ4n) is 1.78. The summed E-state index contributed by atoms with van der Waals surface area (Å²) in [6.45, 7) is 9.10. The van der Waals surface area contributed by atoms with Crippen molar-refractivity contribution in [3.63, 3.8) is 0 Å². The van der Waals surface area contributed by atoms with Gasteiger partial charge in [0.25, 0.3) is 5.79 Å². The summed E-state index contributed by atoms with van der Waals surface area (Å²) >= 11 is 0. The molecule has 0 aliphatic carbocycles. The summed E-state index contributed by atoms with van der Waals surface area (Å²) in [4.78, 5) is 24.0. The van der Waals surface area contributed by atoms with Crippen LogP contribution in [-0.4, -0.2) is 29.7 Å². The molecule has 0 saturated heterocycles. The molecule has 0 saturated carbocycles. The van der Waals surface area contributed by atoms with Gasteiger partial charge in [0, 0.05) is 26.3 Å². The fraction of sp³-hybridized carbons (Fsp3) is 0.500. The molecular formula is C16H21NO5. The predicted octanol–water partition coefficient (Wildman–Crippen LogP) is 3.20. The summed E-state index contributed by atoms with van der Waals surface area (Å²) in [5.41, 5.74) is -0.288. The van der Waals surface area contributed by atoms with Crippen LogP contribution in [-0.2, 0) is 4.79 Å². The molecule has 0 radical (unpaired) electrons. The van der Waals surface area contributed by atoms with Crippen molar-refractivity contribution in [3.8, 4) is 17.2 Å². The second-order valence-electron chi connectivity index (χ2n) is 6.43. The first-order valence-electron chi connectivity index (χ1n) is 7.02. The largest absolute Gasteiger partial charge is 0.448 e. The van der Waals surface area contributed by atoms with Crippen LogP contribution in [0.15, 0.2) is 18.2 Å². The Bertz CT molecular complexity index is 619. The van der Waals surface area contributed by atoms with Gasteiger partial charge >= 0.3 is 6.09 Å². The summed E-state index contributed by atoms with van der Waals surface area (Å²) in [7, 11) is 1.35. The Labute approximate surface area is 129 Å². The van der Waals surface area contributed by atoms with E-state index in [1.807, 2.05) is 27.7 Å². The zero-order chi connectivity index (χ0) is 16.7. The lowest BCUT2D eigenvalue weighted by Gasteiger charge is -2.35. The van der Waals surface area contributed by atoms with Gasteiger partial charge in [-0.2, -0.15) is 0 Å². The van der Waals surface area contributed by atoms with Crippen LogP contribution in [0.2, 0.25) is 0 Å². The van der Waals surface area contributed by atoms with E-state index in [0.29, 0.717) is 11.5 Å². The number of benzene rings is 1. The molecule has 1 aromatic rings. The zero-order valence-corrected chi connectivity index (χ0v) is 13.7. The zero-order valence-electron chi connectivity index (χ0n) is 13.7. The number of ether oxygens (including phenoxy) is 3. The van der Waals surface area contributed by atoms with Crippen LogP contribution in [0.3, 0.4) is 0 Å². The number of rotatable bonds is 1. The van der Waals surface area contributed by atoms with Crippen LogP contribution >= 0.6 is 0 Å². The topological polar surface area (TPSA) is 65.1 Å². The maximum absolute atomic E-state index is 11.9. The predicted molar refractivity (Wildman–Crippen MR) is 80.0 cm³/mol. The van der Waals surface area contributed by atoms with E-state index in [1.165, 1.54) is 14.0 Å². The van der Waals surface area contributed by atoms with E-state index >= 15 is 0 Å². The van der Waals surface area contributed by atoms with E-state index in [0.717, 1.165) is 4.90 Å². The number of hydrogen-bond acceptors (Lipinski definition) is 5. The Hall–Kier alpha value is -2.24. The smallest absolute Gasteiger partial charge is 0.421 e. The van der Waals surface area contributed by atoms with Crippen LogP contribution in [0.4, 0.5) is 4.79 Å². The molecule has 0 bridgehead atoms. The lowest BCUT2D eigenvalue weighted by molar-refractivity contribution is -0.143. The maximum Gasteiger partial charge on any atom is 0.421 e. The van der Waals surface area contributed by atoms with Crippen molar-refractivity contribution in [2.45, 2.75) is 40.4 Å². The molecule has 1 heterocycles. The van der Waals surface area contributed by atoms with Crippen molar-refractivity contribution in [1.82, 2.24) is 4.90 Å². The Morgan fingerprint density at radius 1 is 1.23 bits per heavy atom. The minimum Gasteiger partial charge on any atom is -0.448 e. The lowest BCUT2D eigenvalue weighted by atomic mass is 9.87. The number of para-hydroxylation sites is 1. The average Bonchev–Trinajstić information content (AvgIpc) is 2.76. The molecule has 2 rings (SSSR count). The number of fused-ring (bicyclic) bond motifs is 1. The average molecular weight is 307 g/mol. The minimum absolute atomic E-state index is 0.226. The van der Waals surface area contributed by atoms with Crippen LogP contribution in [0.25, 0.3) is 0 Å². The highest BCUT2D eigenvalue weighted by Crippen LogP contribution is 2.50. The fourth-order valence-corrected chi connectivity index (χ4v) is 1.78. The molecule has 1 unspecified atom stereocenters. The first-order chi connectivity index (χ1) is 10.0. The van der Waals surface area contributed by atoms with Crippen molar-refractivity contribution in [1.29, 1.82) is 0 Å². The van der Waals surface area contributed by atoms with Crippen molar-refractivity contribution in [2.24, 2.45) is 5.41 Å². The first kappa shape index (κ1) is 16.1. The van der Waals surface area contributed by atoms with Gasteiger partial charge in [-0.3, -0.25) is 9.69 Å². The molecule has 1 atom stereocenters. The minimum atomic E-state index is -0.871. The number of carbonyl (C=O) groups excluding carboxylic acids is 2. The Morgan fingerprint density at radius 3 is 2.41 bits per heavy atom. The molecule has 22 heavy (non-hydrogen) atoms.